The quantitative estimate of drug-likeness (QED) is 0.476. The average Bonchev–Trinajstić information content (AvgIpc) is 3.21. The van der Waals surface area contributed by atoms with E-state index in [1.54, 1.807) is 7.11 Å². The third-order valence-electron chi connectivity index (χ3n) is 5.43. The van der Waals surface area contributed by atoms with Crippen LogP contribution in [-0.2, 0) is 4.79 Å². The van der Waals surface area contributed by atoms with E-state index < -0.39 is 11.6 Å². The summed E-state index contributed by atoms with van der Waals surface area (Å²) >= 11 is 1.26. The van der Waals surface area contributed by atoms with Crippen LogP contribution in [0.1, 0.15) is 38.1 Å². The third kappa shape index (κ3) is 5.27. The second-order valence-electron chi connectivity index (χ2n) is 7.69. The number of nitrogens with one attached hydrogen (secondary N) is 1. The maximum absolute atomic E-state index is 13.4. The molecule has 0 unspecified atom stereocenters. The van der Waals surface area contributed by atoms with Crippen LogP contribution in [0.25, 0.3) is 11.4 Å². The van der Waals surface area contributed by atoms with E-state index in [1.165, 1.54) is 18.2 Å². The first-order valence-corrected chi connectivity index (χ1v) is 11.5. The molecule has 1 saturated carbocycles. The van der Waals surface area contributed by atoms with E-state index in [0.717, 1.165) is 61.0 Å². The van der Waals surface area contributed by atoms with Crippen molar-refractivity contribution in [2.24, 2.45) is 0 Å². The highest BCUT2D eigenvalue weighted by Gasteiger charge is 2.24. The van der Waals surface area contributed by atoms with E-state index >= 15 is 0 Å². The molecule has 168 valence electrons. The number of benzene rings is 2. The fraction of sp³-hybridized carbons (Fsp3) is 0.348. The second-order valence-corrected chi connectivity index (χ2v) is 8.63. The number of methoxy groups -OCH3 is 1. The fourth-order valence-electron chi connectivity index (χ4n) is 3.93. The number of halogens is 2. The molecule has 1 N–H and O–H groups in total. The summed E-state index contributed by atoms with van der Waals surface area (Å²) in [5.41, 5.74) is 1.01. The first-order valence-electron chi connectivity index (χ1n) is 10.5. The van der Waals surface area contributed by atoms with Crippen molar-refractivity contribution in [3.8, 4) is 17.1 Å². The molecule has 9 heteroatoms. The normalized spacial score (nSPS) is 14.3. The van der Waals surface area contributed by atoms with Gasteiger partial charge >= 0.3 is 0 Å². The number of hydrogen-bond donors (Lipinski definition) is 1. The van der Waals surface area contributed by atoms with Crippen LogP contribution in [0.2, 0.25) is 0 Å². The van der Waals surface area contributed by atoms with Crippen LogP contribution in [0.3, 0.4) is 0 Å². The highest BCUT2D eigenvalue weighted by molar-refractivity contribution is 7.99. The fourth-order valence-corrected chi connectivity index (χ4v) is 4.74. The smallest absolute Gasteiger partial charge is 0.234 e. The number of anilines is 1. The lowest BCUT2D eigenvalue weighted by atomic mass is 9.95. The molecular weight excluding hydrogens is 434 g/mol. The predicted octanol–water partition coefficient (Wildman–Crippen LogP) is 5.47. The molecule has 0 saturated heterocycles. The maximum atomic E-state index is 13.4. The van der Waals surface area contributed by atoms with Crippen molar-refractivity contribution in [2.45, 2.75) is 43.3 Å². The molecule has 0 aliphatic heterocycles. The van der Waals surface area contributed by atoms with Gasteiger partial charge in [-0.2, -0.15) is 0 Å². The van der Waals surface area contributed by atoms with Gasteiger partial charge in [0.05, 0.1) is 12.9 Å². The summed E-state index contributed by atoms with van der Waals surface area (Å²) in [6, 6.07) is 10.8. The number of carbonyl (C=O) groups excluding carboxylic acids is 1. The molecule has 0 spiro atoms. The van der Waals surface area contributed by atoms with Crippen LogP contribution in [-0.4, -0.2) is 33.5 Å². The van der Waals surface area contributed by atoms with Crippen molar-refractivity contribution in [1.29, 1.82) is 0 Å². The molecule has 2 aromatic carbocycles. The Labute approximate surface area is 189 Å². The molecule has 32 heavy (non-hydrogen) atoms. The molecule has 1 aromatic heterocycles. The number of hydrogen-bond acceptors (Lipinski definition) is 5. The average molecular weight is 459 g/mol. The Morgan fingerprint density at radius 2 is 1.78 bits per heavy atom. The van der Waals surface area contributed by atoms with Crippen LogP contribution in [0.15, 0.2) is 47.6 Å². The molecule has 1 aliphatic carbocycles. The Balaban J connectivity index is 1.53. The largest absolute Gasteiger partial charge is 0.497 e. The van der Waals surface area contributed by atoms with Gasteiger partial charge in [-0.15, -0.1) is 10.2 Å². The maximum Gasteiger partial charge on any atom is 0.234 e. The van der Waals surface area contributed by atoms with Crippen molar-refractivity contribution >= 4 is 23.4 Å². The van der Waals surface area contributed by atoms with Gasteiger partial charge in [0.1, 0.15) is 17.4 Å². The molecule has 6 nitrogen and oxygen atoms in total. The van der Waals surface area contributed by atoms with Gasteiger partial charge in [-0.05, 0) is 49.2 Å². The van der Waals surface area contributed by atoms with Gasteiger partial charge in [0.25, 0.3) is 0 Å². The Morgan fingerprint density at radius 1 is 1.09 bits per heavy atom. The second kappa shape index (κ2) is 10.1. The van der Waals surface area contributed by atoms with Gasteiger partial charge in [0, 0.05) is 23.4 Å². The molecule has 1 amide bonds. The predicted molar refractivity (Wildman–Crippen MR) is 120 cm³/mol. The van der Waals surface area contributed by atoms with E-state index in [9.17, 15) is 13.6 Å². The molecule has 0 radical (unpaired) electrons. The zero-order chi connectivity index (χ0) is 22.5. The molecule has 0 atom stereocenters. The summed E-state index contributed by atoms with van der Waals surface area (Å²) in [4.78, 5) is 12.4. The Kier molecular flexibility index (Phi) is 7.04. The first kappa shape index (κ1) is 22.3. The minimum Gasteiger partial charge on any atom is -0.497 e. The summed E-state index contributed by atoms with van der Waals surface area (Å²) in [7, 11) is 1.62. The van der Waals surface area contributed by atoms with Gasteiger partial charge < -0.3 is 10.1 Å². The Morgan fingerprint density at radius 3 is 2.44 bits per heavy atom. The van der Waals surface area contributed by atoms with E-state index in [4.69, 9.17) is 4.74 Å². The zero-order valence-corrected chi connectivity index (χ0v) is 18.5. The van der Waals surface area contributed by atoms with Crippen molar-refractivity contribution in [2.75, 3.05) is 18.2 Å². The standard InChI is InChI=1S/C23H24F2N4O2S/c1-31-20-9-7-15(8-10-20)22-27-28-23(29(22)19-5-3-2-4-6-19)32-14-21(30)26-18-12-16(24)11-17(25)13-18/h7-13,19H,2-6,14H2,1H3,(H,26,30). The summed E-state index contributed by atoms with van der Waals surface area (Å²) in [5.74, 6) is -0.286. The van der Waals surface area contributed by atoms with Crippen LogP contribution >= 0.6 is 11.8 Å². The van der Waals surface area contributed by atoms with E-state index in [2.05, 4.69) is 20.1 Å². The van der Waals surface area contributed by atoms with Crippen LogP contribution in [0.5, 0.6) is 5.75 Å². The third-order valence-corrected chi connectivity index (χ3v) is 6.37. The number of ether oxygens (including phenoxy) is 1. The van der Waals surface area contributed by atoms with Gasteiger partial charge in [-0.1, -0.05) is 31.0 Å². The van der Waals surface area contributed by atoms with Crippen molar-refractivity contribution < 1.29 is 18.3 Å². The van der Waals surface area contributed by atoms with Gasteiger partial charge in [0.2, 0.25) is 5.91 Å². The number of aromatic nitrogens is 3. The van der Waals surface area contributed by atoms with Crippen molar-refractivity contribution in [1.82, 2.24) is 14.8 Å². The van der Waals surface area contributed by atoms with E-state index in [-0.39, 0.29) is 23.4 Å². The Hall–Kier alpha value is -2.94. The molecular formula is C23H24F2N4O2S. The minimum atomic E-state index is -0.742. The lowest BCUT2D eigenvalue weighted by molar-refractivity contribution is -0.113. The molecule has 3 aromatic rings. The van der Waals surface area contributed by atoms with E-state index in [1.807, 2.05) is 24.3 Å². The summed E-state index contributed by atoms with van der Waals surface area (Å²) in [5, 5.41) is 12.0. The lowest BCUT2D eigenvalue weighted by Gasteiger charge is -2.25. The van der Waals surface area contributed by atoms with Crippen molar-refractivity contribution in [3.63, 3.8) is 0 Å². The Bertz CT molecular complexity index is 1060. The number of nitrogens with zero attached hydrogens (tertiary/aromatic N) is 3. The summed E-state index contributed by atoms with van der Waals surface area (Å²) in [6.07, 6.45) is 5.56. The summed E-state index contributed by atoms with van der Waals surface area (Å²) < 4.78 is 34.1. The SMILES string of the molecule is COc1ccc(-c2nnc(SCC(=O)Nc3cc(F)cc(F)c3)n2C2CCCCC2)cc1. The van der Waals surface area contributed by atoms with E-state index in [0.29, 0.717) is 5.16 Å². The monoisotopic (exact) mass is 458 g/mol. The van der Waals surface area contributed by atoms with Gasteiger partial charge in [-0.3, -0.25) is 9.36 Å². The topological polar surface area (TPSA) is 69.0 Å². The number of rotatable bonds is 7. The zero-order valence-electron chi connectivity index (χ0n) is 17.7. The molecule has 1 heterocycles. The molecule has 1 aliphatic rings. The van der Waals surface area contributed by atoms with Gasteiger partial charge in [0.15, 0.2) is 11.0 Å². The highest BCUT2D eigenvalue weighted by atomic mass is 32.2. The summed E-state index contributed by atoms with van der Waals surface area (Å²) in [6.45, 7) is 0. The molecule has 0 bridgehead atoms. The van der Waals surface area contributed by atoms with Crippen LogP contribution < -0.4 is 10.1 Å². The number of thioether (sulfide) groups is 1. The number of carbonyl (C=O) groups is 1. The highest BCUT2D eigenvalue weighted by Crippen LogP contribution is 2.36. The first-order chi connectivity index (χ1) is 15.5. The molecule has 4 rings (SSSR count). The lowest BCUT2D eigenvalue weighted by Crippen LogP contribution is -2.17. The number of amides is 1. The van der Waals surface area contributed by atoms with Gasteiger partial charge in [-0.25, -0.2) is 8.78 Å². The van der Waals surface area contributed by atoms with Crippen LogP contribution in [0, 0.1) is 11.6 Å². The molecule has 1 fully saturated rings. The minimum absolute atomic E-state index is 0.0472. The van der Waals surface area contributed by atoms with Crippen molar-refractivity contribution in [3.05, 3.63) is 54.1 Å². The van der Waals surface area contributed by atoms with Crippen LogP contribution in [0.4, 0.5) is 14.5 Å².